The van der Waals surface area contributed by atoms with Gasteiger partial charge in [0.1, 0.15) is 0 Å². The fraction of sp³-hybridized carbons (Fsp3) is 0.600. The average Bonchev–Trinajstić information content (AvgIpc) is 2.40. The molecule has 1 aliphatic rings. The Morgan fingerprint density at radius 1 is 1.33 bits per heavy atom. The van der Waals surface area contributed by atoms with E-state index in [9.17, 15) is 0 Å². The zero-order valence-corrected chi connectivity index (χ0v) is 13.5. The van der Waals surface area contributed by atoms with Crippen LogP contribution in [0.4, 0.5) is 5.69 Å². The van der Waals surface area contributed by atoms with E-state index in [1.165, 1.54) is 35.0 Å². The van der Waals surface area contributed by atoms with Gasteiger partial charge < -0.3 is 4.90 Å². The first-order valence-electron chi connectivity index (χ1n) is 6.67. The van der Waals surface area contributed by atoms with Gasteiger partial charge in [0.15, 0.2) is 0 Å². The van der Waals surface area contributed by atoms with Crippen molar-refractivity contribution in [1.82, 2.24) is 0 Å². The van der Waals surface area contributed by atoms with Gasteiger partial charge in [0, 0.05) is 23.4 Å². The Balaban J connectivity index is 2.10. The van der Waals surface area contributed by atoms with Gasteiger partial charge in [-0.05, 0) is 51.9 Å². The second kappa shape index (κ2) is 5.83. The lowest BCUT2D eigenvalue weighted by Gasteiger charge is -2.40. The summed E-state index contributed by atoms with van der Waals surface area (Å²) < 4.78 is 1.17. The highest BCUT2D eigenvalue weighted by molar-refractivity contribution is 9.10. The van der Waals surface area contributed by atoms with Crippen LogP contribution < -0.4 is 4.90 Å². The topological polar surface area (TPSA) is 3.24 Å². The first-order chi connectivity index (χ1) is 8.58. The highest BCUT2D eigenvalue weighted by atomic mass is 79.9. The maximum absolute atomic E-state index is 5.86. The number of benzene rings is 1. The van der Waals surface area contributed by atoms with Gasteiger partial charge in [-0.25, -0.2) is 0 Å². The molecule has 0 N–H and O–H groups in total. The fourth-order valence-corrected chi connectivity index (χ4v) is 3.37. The van der Waals surface area contributed by atoms with E-state index in [2.05, 4.69) is 52.9 Å². The smallest absolute Gasteiger partial charge is 0.0510 e. The molecule has 1 nitrogen and oxygen atoms in total. The van der Waals surface area contributed by atoms with Gasteiger partial charge in [0.05, 0.1) is 5.69 Å². The van der Waals surface area contributed by atoms with Crippen LogP contribution in [0.1, 0.15) is 38.7 Å². The molecule has 0 atom stereocenters. The third-order valence-corrected chi connectivity index (χ3v) is 5.27. The summed E-state index contributed by atoms with van der Waals surface area (Å²) in [7, 11) is 0. The Bertz CT molecular complexity index is 411. The van der Waals surface area contributed by atoms with Crippen LogP contribution in [0.5, 0.6) is 0 Å². The van der Waals surface area contributed by atoms with Crippen molar-refractivity contribution in [2.45, 2.75) is 39.0 Å². The molecule has 0 bridgehead atoms. The molecule has 2 rings (SSSR count). The summed E-state index contributed by atoms with van der Waals surface area (Å²) in [5.74, 6) is 0.576. The van der Waals surface area contributed by atoms with Crippen molar-refractivity contribution >= 4 is 33.2 Å². The van der Waals surface area contributed by atoms with Crippen molar-refractivity contribution in [3.63, 3.8) is 0 Å². The van der Waals surface area contributed by atoms with Gasteiger partial charge in [-0.15, -0.1) is 11.6 Å². The first-order valence-corrected chi connectivity index (χ1v) is 8.00. The van der Waals surface area contributed by atoms with E-state index < -0.39 is 0 Å². The van der Waals surface area contributed by atoms with E-state index in [-0.39, 0.29) is 0 Å². The number of hydrogen-bond acceptors (Lipinski definition) is 1. The highest BCUT2D eigenvalue weighted by Crippen LogP contribution is 2.37. The zero-order valence-electron chi connectivity index (χ0n) is 11.2. The molecule has 0 saturated carbocycles. The predicted octanol–water partition coefficient (Wildman–Crippen LogP) is 5.20. The first kappa shape index (κ1) is 14.2. The normalized spacial score (nSPS) is 19.0. The monoisotopic (exact) mass is 329 g/mol. The summed E-state index contributed by atoms with van der Waals surface area (Å²) in [5, 5.41) is 0. The Hall–Kier alpha value is -0.210. The Kier molecular flexibility index (Phi) is 4.60. The number of rotatable bonds is 3. The zero-order chi connectivity index (χ0) is 13.2. The third kappa shape index (κ3) is 3.03. The summed E-state index contributed by atoms with van der Waals surface area (Å²) >= 11 is 9.53. The molecule has 1 fully saturated rings. The molecule has 1 aromatic rings. The second-order valence-electron chi connectivity index (χ2n) is 5.57. The standard InChI is InChI=1S/C15H21BrClN/c1-3-15(2)6-8-18(9-7-15)14-5-4-12(11-17)10-13(14)16/h4-5,10H,3,6-9,11H2,1-2H3. The minimum absolute atomic E-state index is 0.541. The summed E-state index contributed by atoms with van der Waals surface area (Å²) in [4.78, 5) is 2.49. The van der Waals surface area contributed by atoms with Crippen molar-refractivity contribution in [2.75, 3.05) is 18.0 Å². The van der Waals surface area contributed by atoms with Gasteiger partial charge in [-0.1, -0.05) is 26.3 Å². The summed E-state index contributed by atoms with van der Waals surface area (Å²) in [6, 6.07) is 6.45. The van der Waals surface area contributed by atoms with E-state index in [1.54, 1.807) is 0 Å². The second-order valence-corrected chi connectivity index (χ2v) is 6.69. The summed E-state index contributed by atoms with van der Waals surface area (Å²) in [6.07, 6.45) is 3.85. The molecule has 1 aromatic carbocycles. The number of piperidine rings is 1. The lowest BCUT2D eigenvalue weighted by molar-refractivity contribution is 0.238. The molecule has 0 spiro atoms. The van der Waals surface area contributed by atoms with Crippen LogP contribution in [0.25, 0.3) is 0 Å². The third-order valence-electron chi connectivity index (χ3n) is 4.33. The van der Waals surface area contributed by atoms with Crippen LogP contribution in [0.15, 0.2) is 22.7 Å². The molecule has 0 unspecified atom stereocenters. The van der Waals surface area contributed by atoms with Gasteiger partial charge in [0.25, 0.3) is 0 Å². The van der Waals surface area contributed by atoms with Crippen LogP contribution in [-0.4, -0.2) is 13.1 Å². The van der Waals surface area contributed by atoms with Gasteiger partial charge in [-0.2, -0.15) is 0 Å². The largest absolute Gasteiger partial charge is 0.371 e. The summed E-state index contributed by atoms with van der Waals surface area (Å²) in [5.41, 5.74) is 3.02. The van der Waals surface area contributed by atoms with E-state index in [0.717, 1.165) is 13.1 Å². The van der Waals surface area contributed by atoms with Crippen LogP contribution in [0, 0.1) is 5.41 Å². The molecule has 100 valence electrons. The van der Waals surface area contributed by atoms with Crippen LogP contribution in [0.3, 0.4) is 0 Å². The van der Waals surface area contributed by atoms with E-state index >= 15 is 0 Å². The number of hydrogen-bond donors (Lipinski definition) is 0. The number of halogens is 2. The number of anilines is 1. The minimum atomic E-state index is 0.541. The van der Waals surface area contributed by atoms with E-state index in [1.807, 2.05) is 0 Å². The van der Waals surface area contributed by atoms with Crippen molar-refractivity contribution in [3.8, 4) is 0 Å². The maximum Gasteiger partial charge on any atom is 0.0510 e. The maximum atomic E-state index is 5.86. The van der Waals surface area contributed by atoms with Crippen LogP contribution in [-0.2, 0) is 5.88 Å². The Morgan fingerprint density at radius 2 is 2.00 bits per heavy atom. The molecule has 1 aliphatic heterocycles. The predicted molar refractivity (Wildman–Crippen MR) is 83.5 cm³/mol. The Morgan fingerprint density at radius 3 is 2.50 bits per heavy atom. The lowest BCUT2D eigenvalue weighted by atomic mass is 9.78. The van der Waals surface area contributed by atoms with Gasteiger partial charge in [-0.3, -0.25) is 0 Å². The molecule has 0 amide bonds. The lowest BCUT2D eigenvalue weighted by Crippen LogP contribution is -2.38. The van der Waals surface area contributed by atoms with E-state index in [4.69, 9.17) is 11.6 Å². The quantitative estimate of drug-likeness (QED) is 0.688. The minimum Gasteiger partial charge on any atom is -0.371 e. The van der Waals surface area contributed by atoms with Crippen molar-refractivity contribution in [1.29, 1.82) is 0 Å². The van der Waals surface area contributed by atoms with E-state index in [0.29, 0.717) is 11.3 Å². The van der Waals surface area contributed by atoms with Gasteiger partial charge >= 0.3 is 0 Å². The van der Waals surface area contributed by atoms with Crippen molar-refractivity contribution in [3.05, 3.63) is 28.2 Å². The van der Waals surface area contributed by atoms with Crippen molar-refractivity contribution in [2.24, 2.45) is 5.41 Å². The van der Waals surface area contributed by atoms with Crippen LogP contribution in [0.2, 0.25) is 0 Å². The van der Waals surface area contributed by atoms with Gasteiger partial charge in [0.2, 0.25) is 0 Å². The molecule has 0 aliphatic carbocycles. The highest BCUT2D eigenvalue weighted by Gasteiger charge is 2.28. The molecule has 3 heteroatoms. The molecule has 1 heterocycles. The number of nitrogens with zero attached hydrogens (tertiary/aromatic N) is 1. The SMILES string of the molecule is CCC1(C)CCN(c2ccc(CCl)cc2Br)CC1. The molecule has 0 aromatic heterocycles. The molecule has 1 saturated heterocycles. The molecule has 0 radical (unpaired) electrons. The molecular weight excluding hydrogens is 310 g/mol. The number of alkyl halides is 1. The molecule has 18 heavy (non-hydrogen) atoms. The average molecular weight is 331 g/mol. The Labute approximate surface area is 124 Å². The summed E-state index contributed by atoms with van der Waals surface area (Å²) in [6.45, 7) is 7.03. The fourth-order valence-electron chi connectivity index (χ4n) is 2.53. The van der Waals surface area contributed by atoms with Crippen molar-refractivity contribution < 1.29 is 0 Å². The molecular formula is C15H21BrClN. The van der Waals surface area contributed by atoms with Crippen LogP contribution >= 0.6 is 27.5 Å².